The van der Waals surface area contributed by atoms with Crippen molar-refractivity contribution in [2.75, 3.05) is 37.7 Å². The Labute approximate surface area is 245 Å². The molecule has 1 amide bonds. The third kappa shape index (κ3) is 4.44. The molecule has 2 bridgehead atoms. The van der Waals surface area contributed by atoms with E-state index >= 15 is 4.39 Å². The van der Waals surface area contributed by atoms with Gasteiger partial charge in [0, 0.05) is 45.2 Å². The van der Waals surface area contributed by atoms with Gasteiger partial charge in [-0.05, 0) is 40.0 Å². The number of alkyl halides is 3. The van der Waals surface area contributed by atoms with E-state index in [1.165, 1.54) is 6.20 Å². The highest BCUT2D eigenvalue weighted by Crippen LogP contribution is 2.69. The van der Waals surface area contributed by atoms with Crippen LogP contribution in [-0.2, 0) is 4.74 Å². The quantitative estimate of drug-likeness (QED) is 0.353. The number of anilines is 1. The molecule has 4 aliphatic heterocycles. The number of rotatable bonds is 4. The largest absolute Gasteiger partial charge is 0.461 e. The minimum Gasteiger partial charge on any atom is -0.461 e. The number of ether oxygens (including phenoxy) is 2. The molecule has 1 spiro atoms. The minimum absolute atomic E-state index is 0.0748. The Kier molecular flexibility index (Phi) is 6.14. The molecule has 6 heterocycles. The van der Waals surface area contributed by atoms with E-state index in [9.17, 15) is 18.0 Å². The van der Waals surface area contributed by atoms with Crippen LogP contribution in [0.15, 0.2) is 6.20 Å². The number of nitrogens with zero attached hydrogens (tertiary/aromatic N) is 6. The van der Waals surface area contributed by atoms with E-state index in [-0.39, 0.29) is 73.8 Å². The van der Waals surface area contributed by atoms with Gasteiger partial charge in [-0.25, -0.2) is 27.3 Å². The summed E-state index contributed by atoms with van der Waals surface area (Å²) in [5, 5.41) is -0.0289. The maximum atomic E-state index is 15.2. The predicted molar refractivity (Wildman–Crippen MR) is 145 cm³/mol. The number of hydrogen-bond donors (Lipinski definition) is 0. The van der Waals surface area contributed by atoms with Crippen molar-refractivity contribution in [3.63, 3.8) is 0 Å². The van der Waals surface area contributed by atoms with Crippen LogP contribution in [0.1, 0.15) is 52.9 Å². The molecule has 1 saturated carbocycles. The molecule has 5 aliphatic rings. The molecule has 4 saturated heterocycles. The van der Waals surface area contributed by atoms with Gasteiger partial charge in [0.1, 0.15) is 29.7 Å². The first-order chi connectivity index (χ1) is 19.7. The Morgan fingerprint density at radius 3 is 2.48 bits per heavy atom. The predicted octanol–water partition coefficient (Wildman–Crippen LogP) is 5.00. The van der Waals surface area contributed by atoms with E-state index < -0.39 is 34.5 Å². The number of pyridine rings is 1. The van der Waals surface area contributed by atoms with Crippen LogP contribution >= 0.6 is 11.6 Å². The SMILES string of the molecule is CC(C)(C)OC(=O)N1C2CCC1CN(c1nc(OC[C@@]34C[C@@H](F)CN3C[C@]3(CC3(F)F)C4)nc3c(F)c(Cl)ncc13)C2. The first-order valence-electron chi connectivity index (χ1n) is 14.4. The van der Waals surface area contributed by atoms with E-state index in [0.29, 0.717) is 24.3 Å². The topological polar surface area (TPSA) is 83.9 Å². The van der Waals surface area contributed by atoms with Crippen molar-refractivity contribution >= 4 is 34.4 Å². The Morgan fingerprint density at radius 2 is 1.83 bits per heavy atom. The molecule has 2 unspecified atom stereocenters. The van der Waals surface area contributed by atoms with Crippen LogP contribution in [0.25, 0.3) is 10.9 Å². The molecule has 14 heteroatoms. The number of fused-ring (bicyclic) bond motifs is 4. The van der Waals surface area contributed by atoms with E-state index in [1.54, 1.807) is 9.80 Å². The van der Waals surface area contributed by atoms with E-state index in [0.717, 1.165) is 12.8 Å². The van der Waals surface area contributed by atoms with Gasteiger partial charge in [-0.1, -0.05) is 11.6 Å². The summed E-state index contributed by atoms with van der Waals surface area (Å²) in [6.07, 6.45) is 1.43. The lowest BCUT2D eigenvalue weighted by Crippen LogP contribution is -2.57. The summed E-state index contributed by atoms with van der Waals surface area (Å²) in [5.74, 6) is -3.23. The zero-order valence-corrected chi connectivity index (χ0v) is 24.4. The van der Waals surface area contributed by atoms with E-state index in [2.05, 4.69) is 15.0 Å². The fourth-order valence-corrected chi connectivity index (χ4v) is 7.78. The van der Waals surface area contributed by atoms with Crippen molar-refractivity contribution in [2.45, 2.75) is 88.2 Å². The monoisotopic (exact) mass is 612 g/mol. The smallest absolute Gasteiger partial charge is 0.410 e. The van der Waals surface area contributed by atoms with Crippen molar-refractivity contribution in [3.05, 3.63) is 17.2 Å². The normalized spacial score (nSPS) is 33.5. The first-order valence-corrected chi connectivity index (χ1v) is 14.7. The molecule has 9 nitrogen and oxygen atoms in total. The van der Waals surface area contributed by atoms with Gasteiger partial charge in [0.15, 0.2) is 11.0 Å². The minimum atomic E-state index is -2.77. The van der Waals surface area contributed by atoms with Gasteiger partial charge in [-0.3, -0.25) is 9.80 Å². The second-order valence-corrected chi connectivity index (χ2v) is 14.0. The Balaban J connectivity index is 1.18. The fraction of sp³-hybridized carbons (Fsp3) is 0.714. The number of halogens is 5. The van der Waals surface area contributed by atoms with Gasteiger partial charge in [0.2, 0.25) is 0 Å². The Hall–Kier alpha value is -2.67. The lowest BCUT2D eigenvalue weighted by molar-refractivity contribution is 0.0122. The van der Waals surface area contributed by atoms with Crippen LogP contribution in [-0.4, -0.2) is 98.9 Å². The summed E-state index contributed by atoms with van der Waals surface area (Å²) in [4.78, 5) is 31.4. The molecule has 2 aromatic heterocycles. The van der Waals surface area contributed by atoms with E-state index in [4.69, 9.17) is 21.1 Å². The summed E-state index contributed by atoms with van der Waals surface area (Å²) in [6, 6.07) is -0.429. The van der Waals surface area contributed by atoms with Crippen LogP contribution in [0, 0.1) is 11.2 Å². The molecule has 1 aliphatic carbocycles. The van der Waals surface area contributed by atoms with Crippen molar-refractivity contribution < 1.29 is 31.8 Å². The first kappa shape index (κ1) is 28.1. The Bertz CT molecular complexity index is 1450. The molecule has 0 radical (unpaired) electrons. The van der Waals surface area contributed by atoms with Gasteiger partial charge >= 0.3 is 12.1 Å². The van der Waals surface area contributed by atoms with Crippen molar-refractivity contribution in [3.8, 4) is 6.01 Å². The lowest BCUT2D eigenvalue weighted by Gasteiger charge is -2.42. The summed E-state index contributed by atoms with van der Waals surface area (Å²) in [6.45, 7) is 6.40. The molecule has 0 N–H and O–H groups in total. The number of carbonyl (C=O) groups is 1. The number of carbonyl (C=O) groups excluding carboxylic acids is 1. The van der Waals surface area contributed by atoms with Gasteiger partial charge < -0.3 is 14.4 Å². The van der Waals surface area contributed by atoms with Crippen molar-refractivity contribution in [1.29, 1.82) is 0 Å². The summed E-state index contributed by atoms with van der Waals surface area (Å²) in [5.41, 5.74) is -2.78. The van der Waals surface area contributed by atoms with Gasteiger partial charge in [-0.15, -0.1) is 0 Å². The highest BCUT2D eigenvalue weighted by molar-refractivity contribution is 6.30. The van der Waals surface area contributed by atoms with Gasteiger partial charge in [0.05, 0.1) is 28.4 Å². The molecule has 5 atom stereocenters. The molecule has 0 aromatic carbocycles. The average molecular weight is 613 g/mol. The van der Waals surface area contributed by atoms with Crippen LogP contribution < -0.4 is 9.64 Å². The second kappa shape index (κ2) is 9.17. The maximum Gasteiger partial charge on any atom is 0.410 e. The van der Waals surface area contributed by atoms with Crippen molar-refractivity contribution in [1.82, 2.24) is 24.8 Å². The standard InChI is InChI=1S/C28H33ClF4N6O3/c1-25(2,3)42-24(40)39-16-4-5-17(39)10-37(9-16)22-18-7-34-21(29)19(31)20(18)35-23(36-22)41-14-27-6-15(30)8-38(27)13-26(11-27)12-28(26,32)33/h7,15-17H,4-6,8-14H2,1-3H3/t15-,16?,17?,26-,27+/m1/s1. The fourth-order valence-electron chi connectivity index (χ4n) is 7.64. The van der Waals surface area contributed by atoms with Crippen LogP contribution in [0.5, 0.6) is 6.01 Å². The number of piperazine rings is 1. The highest BCUT2D eigenvalue weighted by Gasteiger charge is 2.77. The van der Waals surface area contributed by atoms with Crippen molar-refractivity contribution in [2.24, 2.45) is 5.41 Å². The summed E-state index contributed by atoms with van der Waals surface area (Å²) >= 11 is 6.00. The lowest BCUT2D eigenvalue weighted by atomic mass is 9.88. The third-order valence-corrected chi connectivity index (χ3v) is 9.78. The molecular weight excluding hydrogens is 580 g/mol. The number of amides is 1. The van der Waals surface area contributed by atoms with E-state index in [1.807, 2.05) is 25.7 Å². The molecular formula is C28H33ClF4N6O3. The highest BCUT2D eigenvalue weighted by atomic mass is 35.5. The number of aromatic nitrogens is 3. The molecule has 2 aromatic rings. The van der Waals surface area contributed by atoms with Crippen LogP contribution in [0.2, 0.25) is 5.15 Å². The molecule has 228 valence electrons. The molecule has 5 fully saturated rings. The molecule has 7 rings (SSSR count). The average Bonchev–Trinajstić information content (AvgIpc) is 3.10. The second-order valence-electron chi connectivity index (χ2n) is 13.7. The van der Waals surface area contributed by atoms with Crippen LogP contribution in [0.3, 0.4) is 0 Å². The zero-order chi connectivity index (χ0) is 29.8. The summed E-state index contributed by atoms with van der Waals surface area (Å²) < 4.78 is 70.0. The van der Waals surface area contributed by atoms with Gasteiger partial charge in [0.25, 0.3) is 5.92 Å². The summed E-state index contributed by atoms with van der Waals surface area (Å²) in [7, 11) is 0. The third-order valence-electron chi connectivity index (χ3n) is 9.52. The Morgan fingerprint density at radius 1 is 1.14 bits per heavy atom. The number of hydrogen-bond acceptors (Lipinski definition) is 8. The zero-order valence-electron chi connectivity index (χ0n) is 23.7. The molecule has 42 heavy (non-hydrogen) atoms. The van der Waals surface area contributed by atoms with Gasteiger partial charge in [-0.2, -0.15) is 9.97 Å². The maximum absolute atomic E-state index is 15.2. The van der Waals surface area contributed by atoms with Crippen LogP contribution in [0.4, 0.5) is 28.2 Å².